The average Bonchev–Trinajstić information content (AvgIpc) is 3.74. The molecule has 0 bridgehead atoms. The number of methoxy groups -OCH3 is 1. The summed E-state index contributed by atoms with van der Waals surface area (Å²) in [4.78, 5) is 53.5. The maximum atomic E-state index is 12.9. The van der Waals surface area contributed by atoms with Crippen molar-refractivity contribution >= 4 is 52.4 Å². The van der Waals surface area contributed by atoms with Crippen molar-refractivity contribution in [3.8, 4) is 11.5 Å². The van der Waals surface area contributed by atoms with E-state index in [1.807, 2.05) is 42.1 Å². The van der Waals surface area contributed by atoms with Crippen molar-refractivity contribution in [2.45, 2.75) is 43.7 Å². The summed E-state index contributed by atoms with van der Waals surface area (Å²) in [5.41, 5.74) is 0.305. The first-order chi connectivity index (χ1) is 20.3. The van der Waals surface area contributed by atoms with E-state index in [0.29, 0.717) is 36.7 Å². The quantitative estimate of drug-likeness (QED) is 0.127. The number of nitrogens with zero attached hydrogens (tertiary/aromatic N) is 2. The van der Waals surface area contributed by atoms with Crippen LogP contribution in [-0.2, 0) is 19.4 Å². The van der Waals surface area contributed by atoms with Crippen LogP contribution in [0.2, 0.25) is 5.02 Å². The highest BCUT2D eigenvalue weighted by Gasteiger charge is 2.30. The zero-order valence-electron chi connectivity index (χ0n) is 23.8. The van der Waals surface area contributed by atoms with Crippen molar-refractivity contribution in [2.24, 2.45) is 0 Å². The highest BCUT2D eigenvalue weighted by atomic mass is 35.5. The summed E-state index contributed by atoms with van der Waals surface area (Å²) < 4.78 is 10.8. The van der Waals surface area contributed by atoms with Crippen LogP contribution in [0.25, 0.3) is 0 Å². The molecular formula is C30H35ClN2O7S2. The lowest BCUT2D eigenvalue weighted by Gasteiger charge is -2.34. The van der Waals surface area contributed by atoms with E-state index in [2.05, 4.69) is 4.90 Å². The van der Waals surface area contributed by atoms with Gasteiger partial charge in [-0.2, -0.15) is 4.89 Å². The molecule has 1 aliphatic carbocycles. The van der Waals surface area contributed by atoms with Crippen LogP contribution < -0.4 is 9.47 Å². The first-order valence-corrected chi connectivity index (χ1v) is 15.8. The number of thiophene rings is 2. The second-order valence-electron chi connectivity index (χ2n) is 10.1. The van der Waals surface area contributed by atoms with Gasteiger partial charge in [-0.05, 0) is 61.7 Å². The van der Waals surface area contributed by atoms with Gasteiger partial charge in [-0.1, -0.05) is 23.7 Å². The predicted octanol–water partition coefficient (Wildman–Crippen LogP) is 5.67. The Morgan fingerprint density at radius 2 is 1.69 bits per heavy atom. The van der Waals surface area contributed by atoms with Gasteiger partial charge in [0.25, 0.3) is 5.91 Å². The molecule has 42 heavy (non-hydrogen) atoms. The van der Waals surface area contributed by atoms with Gasteiger partial charge >= 0.3 is 5.97 Å². The number of hydrogen-bond acceptors (Lipinski definition) is 10. The second-order valence-corrected chi connectivity index (χ2v) is 12.5. The molecule has 0 radical (unpaired) electrons. The second kappa shape index (κ2) is 15.5. The van der Waals surface area contributed by atoms with Crippen molar-refractivity contribution in [1.82, 2.24) is 9.80 Å². The molecule has 2 heterocycles. The molecule has 1 aromatic carbocycles. The fraction of sp³-hybridized carbons (Fsp3) is 0.433. The number of hydrogen-bond donors (Lipinski definition) is 0. The number of ether oxygens (including phenoxy) is 2. The summed E-state index contributed by atoms with van der Waals surface area (Å²) in [5, 5.41) is 4.13. The minimum Gasteiger partial charge on any atom is -0.496 e. The Kier molecular flexibility index (Phi) is 11.8. The van der Waals surface area contributed by atoms with Gasteiger partial charge in [0.15, 0.2) is 12.9 Å². The molecule has 9 nitrogen and oxygen atoms in total. The van der Waals surface area contributed by atoms with Gasteiger partial charge < -0.3 is 19.3 Å². The van der Waals surface area contributed by atoms with Gasteiger partial charge in [-0.15, -0.1) is 22.7 Å². The Morgan fingerprint density at radius 3 is 2.26 bits per heavy atom. The Balaban J connectivity index is 1.17. The van der Waals surface area contributed by atoms with Gasteiger partial charge in [0, 0.05) is 42.0 Å². The maximum absolute atomic E-state index is 12.9. The number of halogens is 1. The lowest BCUT2D eigenvalue weighted by atomic mass is 9.92. The maximum Gasteiger partial charge on any atom is 0.355 e. The summed E-state index contributed by atoms with van der Waals surface area (Å²) in [6.45, 7) is 1.03. The topological polar surface area (TPSA) is 94.6 Å². The normalized spacial score (nSPS) is 16.8. The van der Waals surface area contributed by atoms with Gasteiger partial charge in [-0.3, -0.25) is 14.5 Å². The Morgan fingerprint density at radius 1 is 1.02 bits per heavy atom. The summed E-state index contributed by atoms with van der Waals surface area (Å²) in [6, 6.07) is 11.0. The smallest absolute Gasteiger partial charge is 0.355 e. The van der Waals surface area contributed by atoms with Crippen LogP contribution in [0.1, 0.15) is 51.7 Å². The summed E-state index contributed by atoms with van der Waals surface area (Å²) >= 11 is 9.24. The number of likely N-dealkylation sites (N-methyl/N-ethyl adjacent to an activating group) is 2. The molecule has 4 rings (SSSR count). The molecule has 0 spiro atoms. The molecule has 0 saturated heterocycles. The molecule has 0 N–H and O–H groups in total. The molecule has 1 saturated carbocycles. The zero-order valence-corrected chi connectivity index (χ0v) is 26.2. The van der Waals surface area contributed by atoms with E-state index >= 15 is 0 Å². The first-order valence-electron chi connectivity index (χ1n) is 13.6. The molecule has 1 aliphatic rings. The third-order valence-electron chi connectivity index (χ3n) is 7.40. The molecule has 0 atom stereocenters. The van der Waals surface area contributed by atoms with Crippen LogP contribution in [-0.4, -0.2) is 81.0 Å². The standard InChI is InChI=1S/C30H35ClN2O7S2/c1-32(12-13-33(2)28(35)19-38-25-17-24(37-3)20(18-34)16-23(25)31)21-8-10-22(11-9-21)39-40-30(36)29(26-6-4-14-41-26)27-7-5-15-42-27/h4-7,14-18,21-22,29H,8-13,19H2,1-3H3. The Labute approximate surface area is 258 Å². The van der Waals surface area contributed by atoms with Crippen LogP contribution in [0.5, 0.6) is 11.5 Å². The number of carbonyl (C=O) groups is 3. The molecular weight excluding hydrogens is 600 g/mol. The summed E-state index contributed by atoms with van der Waals surface area (Å²) in [6.07, 6.45) is 3.86. The minimum atomic E-state index is -0.472. The number of aldehydes is 1. The SMILES string of the molecule is COc1cc(OCC(=O)N(C)CCN(C)C2CCC(OOC(=O)C(c3cccs3)c3cccs3)CC2)c(Cl)cc1C=O. The largest absolute Gasteiger partial charge is 0.496 e. The molecule has 226 valence electrons. The molecule has 12 heteroatoms. The van der Waals surface area contributed by atoms with Crippen molar-refractivity contribution in [3.63, 3.8) is 0 Å². The molecule has 0 aliphatic heterocycles. The fourth-order valence-electron chi connectivity index (χ4n) is 4.82. The van der Waals surface area contributed by atoms with E-state index in [1.165, 1.54) is 41.9 Å². The van der Waals surface area contributed by atoms with E-state index in [1.54, 1.807) is 11.9 Å². The number of rotatable bonds is 14. The Hall–Kier alpha value is -2.96. The van der Waals surface area contributed by atoms with E-state index in [-0.39, 0.29) is 29.4 Å². The predicted molar refractivity (Wildman–Crippen MR) is 163 cm³/mol. The number of amides is 1. The van der Waals surface area contributed by atoms with E-state index in [4.69, 9.17) is 30.8 Å². The summed E-state index contributed by atoms with van der Waals surface area (Å²) in [5.74, 6) is -0.460. The number of carbonyl (C=O) groups excluding carboxylic acids is 3. The van der Waals surface area contributed by atoms with Crippen LogP contribution >= 0.6 is 34.3 Å². The minimum absolute atomic E-state index is 0.140. The fourth-order valence-corrected chi connectivity index (χ4v) is 6.79. The monoisotopic (exact) mass is 634 g/mol. The molecule has 1 fully saturated rings. The molecule has 2 aromatic heterocycles. The van der Waals surface area contributed by atoms with Gasteiger partial charge in [0.1, 0.15) is 23.5 Å². The third kappa shape index (κ3) is 8.32. The lowest BCUT2D eigenvalue weighted by molar-refractivity contribution is -0.303. The highest BCUT2D eigenvalue weighted by Crippen LogP contribution is 2.34. The van der Waals surface area contributed by atoms with Crippen LogP contribution in [0.15, 0.2) is 47.2 Å². The summed E-state index contributed by atoms with van der Waals surface area (Å²) in [7, 11) is 5.22. The van der Waals surface area contributed by atoms with Gasteiger partial charge in [-0.25, -0.2) is 4.79 Å². The van der Waals surface area contributed by atoms with Crippen LogP contribution in [0.3, 0.4) is 0 Å². The van der Waals surface area contributed by atoms with Crippen LogP contribution in [0, 0.1) is 0 Å². The van der Waals surface area contributed by atoms with Crippen molar-refractivity contribution < 1.29 is 33.6 Å². The van der Waals surface area contributed by atoms with E-state index < -0.39 is 11.9 Å². The van der Waals surface area contributed by atoms with Crippen molar-refractivity contribution in [1.29, 1.82) is 0 Å². The lowest BCUT2D eigenvalue weighted by Crippen LogP contribution is -2.42. The highest BCUT2D eigenvalue weighted by molar-refractivity contribution is 7.11. The number of benzene rings is 1. The molecule has 0 unspecified atom stereocenters. The van der Waals surface area contributed by atoms with Gasteiger partial charge in [0.05, 0.1) is 17.7 Å². The zero-order chi connectivity index (χ0) is 30.1. The van der Waals surface area contributed by atoms with E-state index in [9.17, 15) is 14.4 Å². The molecule has 1 amide bonds. The van der Waals surface area contributed by atoms with Crippen molar-refractivity contribution in [2.75, 3.05) is 40.9 Å². The van der Waals surface area contributed by atoms with E-state index in [0.717, 1.165) is 35.4 Å². The average molecular weight is 635 g/mol. The molecule has 3 aromatic rings. The first kappa shape index (κ1) is 32.0. The third-order valence-corrected chi connectivity index (χ3v) is 9.57. The van der Waals surface area contributed by atoms with Crippen molar-refractivity contribution in [3.05, 3.63) is 67.5 Å². The van der Waals surface area contributed by atoms with Gasteiger partial charge in [0.2, 0.25) is 0 Å². The van der Waals surface area contributed by atoms with Crippen LogP contribution in [0.4, 0.5) is 0 Å². The Bertz CT molecular complexity index is 1280.